The molecule has 4 unspecified atom stereocenters. The molecule has 1 aliphatic carbocycles. The van der Waals surface area contributed by atoms with Gasteiger partial charge < -0.3 is 5.73 Å². The van der Waals surface area contributed by atoms with Crippen LogP contribution in [0.4, 0.5) is 0 Å². The molecule has 1 heterocycles. The highest BCUT2D eigenvalue weighted by Crippen LogP contribution is 2.39. The second kappa shape index (κ2) is 5.50. The smallest absolute Gasteiger partial charge is 0.0131 e. The zero-order chi connectivity index (χ0) is 13.3. The van der Waals surface area contributed by atoms with E-state index in [1.165, 1.54) is 45.1 Å². The Morgan fingerprint density at radius 3 is 2.61 bits per heavy atom. The second-order valence-corrected chi connectivity index (χ2v) is 7.35. The fourth-order valence-electron chi connectivity index (χ4n) is 4.17. The maximum absolute atomic E-state index is 6.54. The predicted octanol–water partition coefficient (Wildman–Crippen LogP) is 3.40. The van der Waals surface area contributed by atoms with E-state index in [2.05, 4.69) is 32.6 Å². The molecule has 0 radical (unpaired) electrons. The molecule has 0 amide bonds. The Bertz CT molecular complexity index is 274. The topological polar surface area (TPSA) is 29.3 Å². The molecule has 2 nitrogen and oxygen atoms in total. The number of hydrogen-bond donors (Lipinski definition) is 1. The van der Waals surface area contributed by atoms with E-state index in [1.54, 1.807) is 0 Å². The molecule has 2 fully saturated rings. The van der Waals surface area contributed by atoms with Crippen molar-refractivity contribution in [2.75, 3.05) is 6.54 Å². The molecule has 2 heteroatoms. The first-order valence-corrected chi connectivity index (χ1v) is 7.97. The van der Waals surface area contributed by atoms with Crippen molar-refractivity contribution < 1.29 is 0 Å². The Kier molecular flexibility index (Phi) is 4.38. The van der Waals surface area contributed by atoms with Crippen molar-refractivity contribution >= 4 is 0 Å². The van der Waals surface area contributed by atoms with Gasteiger partial charge in [-0.25, -0.2) is 0 Å². The summed E-state index contributed by atoms with van der Waals surface area (Å²) in [6.45, 7) is 10.7. The van der Waals surface area contributed by atoms with Crippen LogP contribution in [0.25, 0.3) is 0 Å². The Morgan fingerprint density at radius 1 is 1.22 bits per heavy atom. The molecule has 1 saturated carbocycles. The van der Waals surface area contributed by atoms with E-state index >= 15 is 0 Å². The summed E-state index contributed by atoms with van der Waals surface area (Å²) in [6, 6.07) is 1.97. The fraction of sp³-hybridized carbons (Fsp3) is 1.00. The summed E-state index contributed by atoms with van der Waals surface area (Å²) in [4.78, 5) is 2.76. The quantitative estimate of drug-likeness (QED) is 0.834. The molecule has 2 N–H and O–H groups in total. The average Bonchev–Trinajstić information content (AvgIpc) is 2.66. The summed E-state index contributed by atoms with van der Waals surface area (Å²) in [5.41, 5.74) is 6.88. The van der Waals surface area contributed by atoms with Crippen LogP contribution in [0.5, 0.6) is 0 Å². The second-order valence-electron chi connectivity index (χ2n) is 7.35. The van der Waals surface area contributed by atoms with Gasteiger partial charge in [0.25, 0.3) is 0 Å². The van der Waals surface area contributed by atoms with Gasteiger partial charge >= 0.3 is 0 Å². The number of hydrogen-bond acceptors (Lipinski definition) is 2. The van der Waals surface area contributed by atoms with Gasteiger partial charge in [0, 0.05) is 24.7 Å². The third kappa shape index (κ3) is 2.75. The van der Waals surface area contributed by atoms with Gasteiger partial charge in [-0.3, -0.25) is 4.90 Å². The van der Waals surface area contributed by atoms with Gasteiger partial charge in [0.15, 0.2) is 0 Å². The molecule has 0 spiro atoms. The van der Waals surface area contributed by atoms with E-state index in [0.717, 1.165) is 12.1 Å². The molecular formula is C16H32N2. The minimum absolute atomic E-state index is 0.341. The minimum Gasteiger partial charge on any atom is -0.327 e. The van der Waals surface area contributed by atoms with Gasteiger partial charge in [-0.05, 0) is 50.4 Å². The number of nitrogens with two attached hydrogens (primary N) is 1. The molecule has 1 aliphatic heterocycles. The van der Waals surface area contributed by atoms with E-state index < -0.39 is 0 Å². The van der Waals surface area contributed by atoms with Crippen LogP contribution < -0.4 is 5.73 Å². The monoisotopic (exact) mass is 252 g/mol. The molecule has 2 rings (SSSR count). The van der Waals surface area contributed by atoms with Gasteiger partial charge in [-0.2, -0.15) is 0 Å². The van der Waals surface area contributed by atoms with Crippen LogP contribution in [0.1, 0.15) is 66.2 Å². The average molecular weight is 252 g/mol. The largest absolute Gasteiger partial charge is 0.327 e. The molecule has 0 aromatic carbocycles. The highest BCUT2D eigenvalue weighted by atomic mass is 15.2. The fourth-order valence-corrected chi connectivity index (χ4v) is 4.17. The van der Waals surface area contributed by atoms with Crippen LogP contribution in [0.2, 0.25) is 0 Å². The normalized spacial score (nSPS) is 41.2. The zero-order valence-electron chi connectivity index (χ0n) is 12.8. The van der Waals surface area contributed by atoms with Crippen molar-refractivity contribution in [1.82, 2.24) is 4.90 Å². The minimum atomic E-state index is 0.341. The summed E-state index contributed by atoms with van der Waals surface area (Å²) in [5.74, 6) is 0.711. The highest BCUT2D eigenvalue weighted by Gasteiger charge is 2.39. The molecule has 0 aromatic rings. The van der Waals surface area contributed by atoms with Gasteiger partial charge in [-0.1, -0.05) is 27.2 Å². The molecule has 0 aromatic heterocycles. The van der Waals surface area contributed by atoms with E-state index in [9.17, 15) is 0 Å². The standard InChI is InChI=1S/C16H32N2/c1-5-14-9-8-12(2)18(14)11-13-7-6-10-16(3,4)15(13)17/h12-15H,5-11,17H2,1-4H3. The first-order valence-electron chi connectivity index (χ1n) is 7.97. The molecule has 1 saturated heterocycles. The van der Waals surface area contributed by atoms with Crippen molar-refractivity contribution in [3.8, 4) is 0 Å². The summed E-state index contributed by atoms with van der Waals surface area (Å²) in [5, 5.41) is 0. The van der Waals surface area contributed by atoms with Gasteiger partial charge in [0.2, 0.25) is 0 Å². The molecular weight excluding hydrogens is 220 g/mol. The van der Waals surface area contributed by atoms with E-state index in [-0.39, 0.29) is 0 Å². The van der Waals surface area contributed by atoms with Crippen LogP contribution in [0.15, 0.2) is 0 Å². The Balaban J connectivity index is 1.99. The molecule has 0 bridgehead atoms. The highest BCUT2D eigenvalue weighted by molar-refractivity contribution is 4.95. The summed E-state index contributed by atoms with van der Waals surface area (Å²) >= 11 is 0. The van der Waals surface area contributed by atoms with E-state index in [1.807, 2.05) is 0 Å². The SMILES string of the molecule is CCC1CCC(C)N1CC1CCCC(C)(C)C1N. The van der Waals surface area contributed by atoms with Crippen LogP contribution >= 0.6 is 0 Å². The lowest BCUT2D eigenvalue weighted by molar-refractivity contribution is 0.0828. The van der Waals surface area contributed by atoms with Gasteiger partial charge in [0.05, 0.1) is 0 Å². The maximum atomic E-state index is 6.54. The summed E-state index contributed by atoms with van der Waals surface area (Å²) in [6.07, 6.45) is 8.08. The predicted molar refractivity (Wildman–Crippen MR) is 78.6 cm³/mol. The Hall–Kier alpha value is -0.0800. The molecule has 2 aliphatic rings. The van der Waals surface area contributed by atoms with E-state index in [4.69, 9.17) is 5.73 Å². The third-order valence-corrected chi connectivity index (χ3v) is 5.68. The first kappa shape index (κ1) is 14.3. The lowest BCUT2D eigenvalue weighted by Gasteiger charge is -2.44. The first-order chi connectivity index (χ1) is 8.45. The molecule has 106 valence electrons. The summed E-state index contributed by atoms with van der Waals surface area (Å²) < 4.78 is 0. The van der Waals surface area contributed by atoms with E-state index in [0.29, 0.717) is 17.4 Å². The van der Waals surface area contributed by atoms with Crippen molar-refractivity contribution in [2.45, 2.75) is 84.3 Å². The lowest BCUT2D eigenvalue weighted by atomic mass is 9.68. The molecule has 18 heavy (non-hydrogen) atoms. The van der Waals surface area contributed by atoms with Crippen LogP contribution in [0, 0.1) is 11.3 Å². The summed E-state index contributed by atoms with van der Waals surface area (Å²) in [7, 11) is 0. The van der Waals surface area contributed by atoms with Crippen LogP contribution in [-0.4, -0.2) is 29.6 Å². The number of likely N-dealkylation sites (tertiary alicyclic amines) is 1. The van der Waals surface area contributed by atoms with Crippen molar-refractivity contribution in [2.24, 2.45) is 17.1 Å². The van der Waals surface area contributed by atoms with Crippen molar-refractivity contribution in [3.63, 3.8) is 0 Å². The van der Waals surface area contributed by atoms with Crippen molar-refractivity contribution in [1.29, 1.82) is 0 Å². The van der Waals surface area contributed by atoms with Crippen LogP contribution in [-0.2, 0) is 0 Å². The number of nitrogens with zero attached hydrogens (tertiary/aromatic N) is 1. The van der Waals surface area contributed by atoms with Crippen molar-refractivity contribution in [3.05, 3.63) is 0 Å². The number of rotatable bonds is 3. The Morgan fingerprint density at radius 2 is 1.94 bits per heavy atom. The molecule has 4 atom stereocenters. The maximum Gasteiger partial charge on any atom is 0.0131 e. The van der Waals surface area contributed by atoms with Gasteiger partial charge in [-0.15, -0.1) is 0 Å². The third-order valence-electron chi connectivity index (χ3n) is 5.68. The Labute approximate surface area is 113 Å². The lowest BCUT2D eigenvalue weighted by Crippen LogP contribution is -2.51. The van der Waals surface area contributed by atoms with Crippen LogP contribution in [0.3, 0.4) is 0 Å². The zero-order valence-corrected chi connectivity index (χ0v) is 12.8. The van der Waals surface area contributed by atoms with Gasteiger partial charge in [0.1, 0.15) is 0 Å².